The van der Waals surface area contributed by atoms with Crippen molar-refractivity contribution in [1.82, 2.24) is 20.1 Å². The Balaban J connectivity index is 0.996. The Morgan fingerprint density at radius 2 is 1.94 bits per heavy atom. The molecule has 248 valence electrons. The summed E-state index contributed by atoms with van der Waals surface area (Å²) < 4.78 is 32.2. The molecule has 3 amide bonds. The van der Waals surface area contributed by atoms with Gasteiger partial charge in [0, 0.05) is 47.7 Å². The Bertz CT molecular complexity index is 1850. The largest absolute Gasteiger partial charge is 0.493 e. The van der Waals surface area contributed by atoms with Gasteiger partial charge in [0.15, 0.2) is 0 Å². The van der Waals surface area contributed by atoms with E-state index in [9.17, 15) is 33.1 Å². The summed E-state index contributed by atoms with van der Waals surface area (Å²) in [7, 11) is -4.98. The van der Waals surface area contributed by atoms with Gasteiger partial charge in [0.25, 0.3) is 5.91 Å². The molecule has 3 saturated heterocycles. The highest BCUT2D eigenvalue weighted by molar-refractivity contribution is 7.51. The van der Waals surface area contributed by atoms with E-state index in [0.29, 0.717) is 47.5 Å². The highest BCUT2D eigenvalue weighted by atomic mass is 32.1. The number of hydrogen-bond acceptors (Lipinski definition) is 7. The summed E-state index contributed by atoms with van der Waals surface area (Å²) in [4.78, 5) is 68.5. The number of nitrogens with zero attached hydrogens (tertiary/aromatic N) is 3. The average Bonchev–Trinajstić information content (AvgIpc) is 3.55. The van der Waals surface area contributed by atoms with Gasteiger partial charge in [-0.25, -0.2) is 4.39 Å². The monoisotopic (exact) mass is 682 g/mol. The molecule has 0 spiro atoms. The Morgan fingerprint density at radius 1 is 1.17 bits per heavy atom. The predicted molar refractivity (Wildman–Crippen MR) is 171 cm³/mol. The molecule has 0 radical (unpaired) electrons. The number of nitrogens with one attached hydrogen (secondary N) is 1. The van der Waals surface area contributed by atoms with E-state index in [2.05, 4.69) is 10.3 Å². The van der Waals surface area contributed by atoms with Crippen LogP contribution in [0.4, 0.5) is 4.39 Å². The fraction of sp³-hybridized carbons (Fsp3) is 0.515. The van der Waals surface area contributed by atoms with E-state index in [1.54, 1.807) is 23.4 Å². The van der Waals surface area contributed by atoms with E-state index in [0.717, 1.165) is 37.0 Å². The third kappa shape index (κ3) is 5.08. The van der Waals surface area contributed by atoms with Gasteiger partial charge in [-0.3, -0.25) is 23.9 Å². The molecule has 4 atom stereocenters. The number of pyridine rings is 1. The van der Waals surface area contributed by atoms with Crippen LogP contribution in [-0.4, -0.2) is 80.1 Å². The van der Waals surface area contributed by atoms with Crippen molar-refractivity contribution in [3.8, 4) is 5.75 Å². The number of aromatic nitrogens is 1. The summed E-state index contributed by atoms with van der Waals surface area (Å²) >= 11 is 1.17. The van der Waals surface area contributed by atoms with Gasteiger partial charge < -0.3 is 29.6 Å². The number of benzene rings is 1. The van der Waals surface area contributed by atoms with Gasteiger partial charge >= 0.3 is 7.60 Å². The summed E-state index contributed by atoms with van der Waals surface area (Å²) in [6, 6.07) is 6.20. The van der Waals surface area contributed by atoms with E-state index >= 15 is 0 Å². The Morgan fingerprint density at radius 3 is 2.68 bits per heavy atom. The van der Waals surface area contributed by atoms with Gasteiger partial charge in [-0.15, -0.1) is 11.3 Å². The van der Waals surface area contributed by atoms with Gasteiger partial charge in [-0.2, -0.15) is 0 Å². The maximum atomic E-state index is 14.3. The smallest absolute Gasteiger partial charge is 0.363 e. The molecule has 3 aliphatic heterocycles. The molecule has 3 N–H and O–H groups in total. The first-order valence-electron chi connectivity index (χ1n) is 16.1. The number of carbonyl (C=O) groups excluding carboxylic acids is 3. The molecular weight excluding hydrogens is 646 g/mol. The first kappa shape index (κ1) is 30.9. The topological polar surface area (TPSA) is 149 Å². The lowest BCUT2D eigenvalue weighted by Gasteiger charge is -2.43. The fourth-order valence-corrected chi connectivity index (χ4v) is 10.1. The number of alkyl halides is 1. The lowest BCUT2D eigenvalue weighted by Crippen LogP contribution is -2.59. The van der Waals surface area contributed by atoms with Gasteiger partial charge in [0.05, 0.1) is 11.5 Å². The molecule has 1 aromatic carbocycles. The van der Waals surface area contributed by atoms with Crippen molar-refractivity contribution in [2.24, 2.45) is 10.8 Å². The van der Waals surface area contributed by atoms with Crippen molar-refractivity contribution in [3.05, 3.63) is 58.7 Å². The van der Waals surface area contributed by atoms with Crippen molar-refractivity contribution < 1.29 is 37.9 Å². The van der Waals surface area contributed by atoms with Crippen molar-refractivity contribution in [3.63, 3.8) is 0 Å². The summed E-state index contributed by atoms with van der Waals surface area (Å²) in [6.45, 7) is 3.53. The number of hydrogen-bond donors (Lipinski definition) is 3. The number of fused-ring (bicyclic) bond motifs is 2. The maximum Gasteiger partial charge on any atom is 0.363 e. The quantitative estimate of drug-likeness (QED) is 0.294. The van der Waals surface area contributed by atoms with Crippen molar-refractivity contribution in [2.75, 3.05) is 19.7 Å². The molecule has 3 aromatic rings. The van der Waals surface area contributed by atoms with E-state index in [1.807, 2.05) is 17.9 Å². The lowest BCUT2D eigenvalue weighted by atomic mass is 9.91. The van der Waals surface area contributed by atoms with Crippen LogP contribution in [0.5, 0.6) is 5.75 Å². The van der Waals surface area contributed by atoms with Crippen LogP contribution < -0.4 is 10.1 Å². The number of thiophene rings is 1. The molecule has 47 heavy (non-hydrogen) atoms. The molecule has 8 rings (SSSR count). The third-order valence-corrected chi connectivity index (χ3v) is 13.2. The van der Waals surface area contributed by atoms with Crippen LogP contribution in [-0.2, 0) is 14.2 Å². The van der Waals surface area contributed by atoms with E-state index in [4.69, 9.17) is 4.74 Å². The molecule has 0 bridgehead atoms. The second kappa shape index (κ2) is 10.8. The Hall–Kier alpha value is -3.38. The maximum absolute atomic E-state index is 14.3. The molecule has 2 aliphatic carbocycles. The van der Waals surface area contributed by atoms with Crippen molar-refractivity contribution >= 4 is 46.7 Å². The average molecular weight is 683 g/mol. The lowest BCUT2D eigenvalue weighted by molar-refractivity contribution is -0.149. The van der Waals surface area contributed by atoms with Crippen molar-refractivity contribution in [2.45, 2.75) is 75.4 Å². The van der Waals surface area contributed by atoms with Gasteiger partial charge in [-0.1, -0.05) is 6.07 Å². The van der Waals surface area contributed by atoms with Crippen LogP contribution in [0.25, 0.3) is 10.1 Å². The molecule has 11 nitrogen and oxygen atoms in total. The first-order chi connectivity index (χ1) is 22.4. The normalized spacial score (nSPS) is 30.4. The Labute approximate surface area is 274 Å². The molecular formula is C33H36FN4O7PS. The number of amides is 3. The van der Waals surface area contributed by atoms with Gasteiger partial charge in [-0.05, 0) is 91.5 Å². The number of likely N-dealkylation sites (tertiary alicyclic amines) is 1. The number of carbonyl (C=O) groups is 3. The zero-order valence-electron chi connectivity index (χ0n) is 25.8. The molecule has 2 aromatic heterocycles. The van der Waals surface area contributed by atoms with Gasteiger partial charge in [0.2, 0.25) is 17.7 Å². The van der Waals surface area contributed by atoms with Crippen LogP contribution in [0.15, 0.2) is 42.7 Å². The zero-order chi connectivity index (χ0) is 32.9. The molecule has 5 heterocycles. The predicted octanol–water partition coefficient (Wildman–Crippen LogP) is 4.50. The molecule has 1 unspecified atom stereocenters. The summed E-state index contributed by atoms with van der Waals surface area (Å²) in [5.41, 5.74) is 1.10. The first-order valence-corrected chi connectivity index (χ1v) is 18.6. The van der Waals surface area contributed by atoms with Crippen LogP contribution >= 0.6 is 18.9 Å². The summed E-state index contributed by atoms with van der Waals surface area (Å²) in [5.74, 6) is -2.27. The van der Waals surface area contributed by atoms with Crippen LogP contribution in [0, 0.1) is 10.8 Å². The van der Waals surface area contributed by atoms with Crippen LogP contribution in [0.1, 0.15) is 78.1 Å². The number of rotatable bonds is 8. The van der Waals surface area contributed by atoms with Crippen LogP contribution in [0.2, 0.25) is 0 Å². The van der Waals surface area contributed by atoms with Crippen LogP contribution in [0.3, 0.4) is 0 Å². The van der Waals surface area contributed by atoms with E-state index < -0.39 is 31.5 Å². The molecule has 5 fully saturated rings. The highest BCUT2D eigenvalue weighted by Crippen LogP contribution is 2.90. The standard InChI is InChI=1S/C33H36FN4O7PS/c1-2-45-25-7-8-35-13-22(25)20-14-37(15-20)31(41)24-5-4-21-11-32-16-33(32,17-32)12-23(30(40)38(21)24)36-29(39)27-10-19-9-18(3-6-26(19)47-27)28(34)46(42,43)44/h3,6-10,13,20-21,23-24,28H,2,4-5,11-12,14-17H2,1H3,(H,36,39)(H2,42,43,44)/t21-,23?,24+,28+,32?,33?/m1/s1. The van der Waals surface area contributed by atoms with E-state index in [1.165, 1.54) is 29.5 Å². The zero-order valence-corrected chi connectivity index (χ0v) is 27.5. The minimum Gasteiger partial charge on any atom is -0.493 e. The fourth-order valence-electron chi connectivity index (χ4n) is 8.56. The minimum absolute atomic E-state index is 0.0362. The second-order valence-corrected chi connectivity index (χ2v) is 16.7. The third-order valence-electron chi connectivity index (χ3n) is 11.2. The number of halogens is 1. The summed E-state index contributed by atoms with van der Waals surface area (Å²) in [6.07, 6.45) is 8.37. The van der Waals surface area contributed by atoms with E-state index in [-0.39, 0.29) is 40.2 Å². The number of ether oxygens (including phenoxy) is 1. The Kier molecular flexibility index (Phi) is 7.12. The molecule has 5 aliphatic rings. The summed E-state index contributed by atoms with van der Waals surface area (Å²) in [5, 5.41) is 3.48. The molecule has 14 heteroatoms. The van der Waals surface area contributed by atoms with Gasteiger partial charge in [0.1, 0.15) is 17.8 Å². The molecule has 2 saturated carbocycles. The second-order valence-electron chi connectivity index (χ2n) is 14.0. The SMILES string of the molecule is CCOc1ccncc1C1CN(C(=O)[C@@H]2CC[C@@H]3CC45CC4(CC(NC(=O)c4cc6cc([C@@H](F)P(=O)(O)O)ccc6s4)C(=O)N32)C5)C1. The highest BCUT2D eigenvalue weighted by Gasteiger charge is 2.83. The minimum atomic E-state index is -4.98. The van der Waals surface area contributed by atoms with Crippen molar-refractivity contribution in [1.29, 1.82) is 0 Å².